The molecule has 0 aliphatic heterocycles. The molecule has 0 radical (unpaired) electrons. The molecule has 0 saturated carbocycles. The third-order valence-electron chi connectivity index (χ3n) is 6.97. The predicted octanol–water partition coefficient (Wildman–Crippen LogP) is 6.53. The van der Waals surface area contributed by atoms with E-state index >= 15 is 0 Å². The van der Waals surface area contributed by atoms with Crippen molar-refractivity contribution in [2.24, 2.45) is 0 Å². The van der Waals surface area contributed by atoms with Crippen molar-refractivity contribution in [1.82, 2.24) is 0 Å². The lowest BCUT2D eigenvalue weighted by Crippen LogP contribution is -2.45. The zero-order valence-corrected chi connectivity index (χ0v) is 23.2. The Hall–Kier alpha value is -0.736. The van der Waals surface area contributed by atoms with E-state index < -0.39 is 32.6 Å². The molecule has 0 heterocycles. The Morgan fingerprint density at radius 3 is 1.77 bits per heavy atom. The fourth-order valence-electron chi connectivity index (χ4n) is 2.96. The summed E-state index contributed by atoms with van der Waals surface area (Å²) < 4.78 is 40.3. The van der Waals surface area contributed by atoms with Crippen LogP contribution >= 0.6 is 0 Å². The average Bonchev–Trinajstić information content (AvgIpc) is 2.95. The molecule has 1 aliphatic rings. The second kappa shape index (κ2) is 8.32. The highest BCUT2D eigenvalue weighted by Crippen LogP contribution is 2.44. The summed E-state index contributed by atoms with van der Waals surface area (Å²) in [5.74, 6) is 0. The molecule has 7 heteroatoms. The van der Waals surface area contributed by atoms with E-state index in [0.29, 0.717) is 16.2 Å². The Morgan fingerprint density at radius 1 is 0.833 bits per heavy atom. The van der Waals surface area contributed by atoms with Crippen LogP contribution in [-0.2, 0) is 18.7 Å². The summed E-state index contributed by atoms with van der Waals surface area (Å²) in [4.78, 5) is 0.676. The van der Waals surface area contributed by atoms with Crippen molar-refractivity contribution < 1.29 is 17.3 Å². The van der Waals surface area contributed by atoms with E-state index in [2.05, 4.69) is 67.7 Å². The highest BCUT2D eigenvalue weighted by Gasteiger charge is 2.46. The van der Waals surface area contributed by atoms with E-state index in [1.807, 2.05) is 12.1 Å². The maximum absolute atomic E-state index is 13.5. The molecule has 1 aliphatic carbocycles. The van der Waals surface area contributed by atoms with Crippen LogP contribution in [0.3, 0.4) is 0 Å². The molecular weight excluding hydrogens is 428 g/mol. The Bertz CT molecular complexity index is 876. The molecule has 0 spiro atoms. The summed E-state index contributed by atoms with van der Waals surface area (Å²) in [5.41, 5.74) is 0. The minimum Gasteiger partial charge on any atom is -0.410 e. The Morgan fingerprint density at radius 2 is 1.30 bits per heavy atom. The molecular formula is C23H40O4SSi2. The van der Waals surface area contributed by atoms with Gasteiger partial charge in [-0.25, -0.2) is 8.42 Å². The molecule has 2 atom stereocenters. The molecule has 1 aromatic rings. The summed E-state index contributed by atoms with van der Waals surface area (Å²) in [6.07, 6.45) is 1.67. The lowest BCUT2D eigenvalue weighted by atomic mass is 10.2. The average molecular weight is 469 g/mol. The minimum atomic E-state index is -3.64. The Labute approximate surface area is 186 Å². The van der Waals surface area contributed by atoms with E-state index in [4.69, 9.17) is 8.85 Å². The van der Waals surface area contributed by atoms with E-state index in [1.165, 1.54) is 0 Å². The fraction of sp³-hybridized carbons (Fsp3) is 0.652. The van der Waals surface area contributed by atoms with Crippen molar-refractivity contribution in [3.05, 3.63) is 41.3 Å². The van der Waals surface area contributed by atoms with Crippen LogP contribution in [-0.4, -0.2) is 37.3 Å². The molecule has 1 aromatic carbocycles. The highest BCUT2D eigenvalue weighted by atomic mass is 32.2. The predicted molar refractivity (Wildman–Crippen MR) is 130 cm³/mol. The van der Waals surface area contributed by atoms with E-state index in [0.717, 1.165) is 0 Å². The number of sulfone groups is 1. The Balaban J connectivity index is 2.45. The van der Waals surface area contributed by atoms with Crippen LogP contribution in [0.25, 0.3) is 0 Å². The third kappa shape index (κ3) is 5.35. The van der Waals surface area contributed by atoms with Crippen molar-refractivity contribution >= 4 is 26.5 Å². The Kier molecular flexibility index (Phi) is 7.07. The van der Waals surface area contributed by atoms with Crippen molar-refractivity contribution in [2.45, 2.75) is 101 Å². The second-order valence-corrected chi connectivity index (χ2v) is 22.9. The molecule has 0 N–H and O–H groups in total. The van der Waals surface area contributed by atoms with Crippen molar-refractivity contribution in [2.75, 3.05) is 0 Å². The van der Waals surface area contributed by atoms with Gasteiger partial charge in [-0.2, -0.15) is 0 Å². The van der Waals surface area contributed by atoms with Gasteiger partial charge in [-0.05, 0) is 54.5 Å². The zero-order chi connectivity index (χ0) is 23.2. The van der Waals surface area contributed by atoms with Crippen LogP contribution in [0, 0.1) is 0 Å². The first-order chi connectivity index (χ1) is 13.4. The van der Waals surface area contributed by atoms with Crippen molar-refractivity contribution in [3.8, 4) is 0 Å². The lowest BCUT2D eigenvalue weighted by molar-refractivity contribution is 0.157. The maximum Gasteiger partial charge on any atom is 0.205 e. The summed E-state index contributed by atoms with van der Waals surface area (Å²) in [7, 11) is -7.85. The topological polar surface area (TPSA) is 52.6 Å². The largest absolute Gasteiger partial charge is 0.410 e. The number of hydrogen-bond donors (Lipinski definition) is 0. The normalized spacial score (nSPS) is 21.6. The first-order valence-corrected chi connectivity index (χ1v) is 18.1. The van der Waals surface area contributed by atoms with Crippen LogP contribution in [0.1, 0.15) is 48.0 Å². The molecule has 30 heavy (non-hydrogen) atoms. The molecule has 0 aromatic heterocycles. The summed E-state index contributed by atoms with van der Waals surface area (Å²) >= 11 is 0. The minimum absolute atomic E-state index is 0.00695. The van der Waals surface area contributed by atoms with Gasteiger partial charge < -0.3 is 8.85 Å². The molecule has 0 bridgehead atoms. The molecule has 170 valence electrons. The summed E-state index contributed by atoms with van der Waals surface area (Å²) in [6, 6.07) is 8.66. The number of rotatable bonds is 6. The molecule has 2 rings (SSSR count). The second-order valence-electron chi connectivity index (χ2n) is 11.4. The summed E-state index contributed by atoms with van der Waals surface area (Å²) in [6.45, 7) is 21.9. The zero-order valence-electron chi connectivity index (χ0n) is 20.4. The molecule has 4 nitrogen and oxygen atoms in total. The first-order valence-electron chi connectivity index (χ1n) is 10.8. The van der Waals surface area contributed by atoms with Crippen LogP contribution in [0.5, 0.6) is 0 Å². The lowest BCUT2D eigenvalue weighted by Gasteiger charge is -2.40. The quantitative estimate of drug-likeness (QED) is 0.445. The van der Waals surface area contributed by atoms with Crippen LogP contribution in [0.2, 0.25) is 36.3 Å². The monoisotopic (exact) mass is 468 g/mol. The number of hydrogen-bond acceptors (Lipinski definition) is 4. The van der Waals surface area contributed by atoms with Crippen molar-refractivity contribution in [1.29, 1.82) is 0 Å². The molecule has 0 unspecified atom stereocenters. The number of benzene rings is 1. The van der Waals surface area contributed by atoms with Gasteiger partial charge in [0.25, 0.3) is 0 Å². The van der Waals surface area contributed by atoms with Crippen LogP contribution in [0.4, 0.5) is 0 Å². The van der Waals surface area contributed by atoms with Crippen molar-refractivity contribution in [3.63, 3.8) is 0 Å². The van der Waals surface area contributed by atoms with Gasteiger partial charge in [-0.3, -0.25) is 0 Å². The van der Waals surface area contributed by atoms with E-state index in [9.17, 15) is 8.42 Å². The van der Waals surface area contributed by atoms with Gasteiger partial charge in [0.2, 0.25) is 9.84 Å². The standard InChI is InChI=1S/C23H40O4SSi2/c1-22(2,3)29(7,8)26-18-16-20(27-30(9,10)23(4,5)6)21(17-18)28(24,25)19-14-12-11-13-15-19/h11-15,17-18,20H,16H2,1-10H3/t18-,20-/m1/s1. The van der Waals surface area contributed by atoms with E-state index in [1.54, 1.807) is 24.3 Å². The maximum atomic E-state index is 13.5. The van der Waals surface area contributed by atoms with Crippen LogP contribution in [0.15, 0.2) is 46.2 Å². The highest BCUT2D eigenvalue weighted by molar-refractivity contribution is 7.95. The molecule has 0 amide bonds. The molecule has 0 saturated heterocycles. The molecule has 0 fully saturated rings. The van der Waals surface area contributed by atoms with Gasteiger partial charge in [0.1, 0.15) is 0 Å². The third-order valence-corrected chi connectivity index (χ3v) is 17.9. The fourth-order valence-corrected chi connectivity index (χ4v) is 7.22. The smallest absolute Gasteiger partial charge is 0.205 e. The van der Waals surface area contributed by atoms with Gasteiger partial charge in [0.05, 0.1) is 22.0 Å². The van der Waals surface area contributed by atoms with Crippen LogP contribution < -0.4 is 0 Å². The van der Waals surface area contributed by atoms with Gasteiger partial charge in [-0.1, -0.05) is 59.7 Å². The van der Waals surface area contributed by atoms with Gasteiger partial charge in [-0.15, -0.1) is 0 Å². The summed E-state index contributed by atoms with van der Waals surface area (Å²) in [5, 5.41) is 0.0463. The van der Waals surface area contributed by atoms with E-state index in [-0.39, 0.29) is 16.2 Å². The SMILES string of the molecule is CC(C)(C)[Si](C)(C)O[C@H]1C=C(S(=O)(=O)c2ccccc2)[C@H](O[Si](C)(C)C(C)(C)C)C1. The first kappa shape index (κ1) is 25.5. The van der Waals surface area contributed by atoms with Gasteiger partial charge in [0.15, 0.2) is 16.6 Å². The van der Waals surface area contributed by atoms with Gasteiger partial charge in [0, 0.05) is 6.42 Å². The van der Waals surface area contributed by atoms with Gasteiger partial charge >= 0.3 is 0 Å².